The third-order valence-electron chi connectivity index (χ3n) is 2.39. The number of aliphatic hydroxyl groups is 1. The number of hydrogen-bond acceptors (Lipinski definition) is 2. The zero-order chi connectivity index (χ0) is 9.47. The molecule has 0 radical (unpaired) electrons. The Hall–Kier alpha value is -0.830. The van der Waals surface area contributed by atoms with Gasteiger partial charge in [0.2, 0.25) is 0 Å². The first-order chi connectivity index (χ1) is 6.10. The highest BCUT2D eigenvalue weighted by Crippen LogP contribution is 2.44. The van der Waals surface area contributed by atoms with Gasteiger partial charge >= 0.3 is 0 Å². The van der Waals surface area contributed by atoms with Crippen LogP contribution in [0.1, 0.15) is 32.4 Å². The minimum Gasteiger partial charge on any atom is -0.383 e. The van der Waals surface area contributed by atoms with Crippen molar-refractivity contribution in [2.45, 2.75) is 38.8 Å². The van der Waals surface area contributed by atoms with Crippen LogP contribution in [0.25, 0.3) is 0 Å². The van der Waals surface area contributed by atoms with Crippen LogP contribution in [-0.4, -0.2) is 14.9 Å². The molecule has 1 aliphatic rings. The Morgan fingerprint density at radius 1 is 1.62 bits per heavy atom. The van der Waals surface area contributed by atoms with E-state index >= 15 is 0 Å². The number of rotatable bonds is 3. The van der Waals surface area contributed by atoms with E-state index in [0.29, 0.717) is 5.92 Å². The molecule has 0 atom stereocenters. The second-order valence-electron chi connectivity index (χ2n) is 4.35. The first-order valence-corrected chi connectivity index (χ1v) is 4.86. The SMILES string of the molecule is CC(C)Cn1ccc(C2(O)CC2)n1. The van der Waals surface area contributed by atoms with Gasteiger partial charge in [-0.15, -0.1) is 0 Å². The van der Waals surface area contributed by atoms with Gasteiger partial charge in [-0.25, -0.2) is 0 Å². The lowest BCUT2D eigenvalue weighted by atomic mass is 10.2. The Morgan fingerprint density at radius 2 is 2.31 bits per heavy atom. The minimum atomic E-state index is -0.581. The van der Waals surface area contributed by atoms with Crippen LogP contribution in [-0.2, 0) is 12.1 Å². The maximum absolute atomic E-state index is 9.77. The summed E-state index contributed by atoms with van der Waals surface area (Å²) in [5.41, 5.74) is 0.260. The molecule has 0 spiro atoms. The van der Waals surface area contributed by atoms with Crippen LogP contribution in [0.2, 0.25) is 0 Å². The lowest BCUT2D eigenvalue weighted by Gasteiger charge is -2.05. The predicted molar refractivity (Wildman–Crippen MR) is 50.2 cm³/mol. The van der Waals surface area contributed by atoms with Gasteiger partial charge in [-0.1, -0.05) is 13.8 Å². The molecular weight excluding hydrogens is 164 g/mol. The zero-order valence-electron chi connectivity index (χ0n) is 8.20. The van der Waals surface area contributed by atoms with Crippen molar-refractivity contribution in [2.75, 3.05) is 0 Å². The molecule has 0 saturated heterocycles. The minimum absolute atomic E-state index is 0.581. The molecule has 1 saturated carbocycles. The molecule has 2 rings (SSSR count). The molecule has 1 N–H and O–H groups in total. The fourth-order valence-corrected chi connectivity index (χ4v) is 1.46. The van der Waals surface area contributed by atoms with Crippen molar-refractivity contribution in [3.05, 3.63) is 18.0 Å². The highest BCUT2D eigenvalue weighted by Gasteiger charge is 2.44. The van der Waals surface area contributed by atoms with E-state index < -0.39 is 5.60 Å². The maximum Gasteiger partial charge on any atom is 0.109 e. The summed E-state index contributed by atoms with van der Waals surface area (Å²) in [5, 5.41) is 14.1. The van der Waals surface area contributed by atoms with Crippen LogP contribution in [0.3, 0.4) is 0 Å². The van der Waals surface area contributed by atoms with E-state index in [2.05, 4.69) is 18.9 Å². The summed E-state index contributed by atoms with van der Waals surface area (Å²) in [6.45, 7) is 5.25. The normalized spacial score (nSPS) is 19.4. The number of hydrogen-bond donors (Lipinski definition) is 1. The summed E-state index contributed by atoms with van der Waals surface area (Å²) in [7, 11) is 0. The van der Waals surface area contributed by atoms with Gasteiger partial charge in [-0.2, -0.15) is 5.10 Å². The third-order valence-corrected chi connectivity index (χ3v) is 2.39. The zero-order valence-corrected chi connectivity index (χ0v) is 8.20. The van der Waals surface area contributed by atoms with Crippen LogP contribution < -0.4 is 0 Å². The molecule has 3 nitrogen and oxygen atoms in total. The molecule has 13 heavy (non-hydrogen) atoms. The maximum atomic E-state index is 9.77. The summed E-state index contributed by atoms with van der Waals surface area (Å²) in [6, 6.07) is 1.93. The summed E-state index contributed by atoms with van der Waals surface area (Å²) >= 11 is 0. The van der Waals surface area contributed by atoms with Gasteiger partial charge < -0.3 is 5.11 Å². The molecule has 72 valence electrons. The highest BCUT2D eigenvalue weighted by molar-refractivity contribution is 5.17. The van der Waals surface area contributed by atoms with Crippen LogP contribution in [0.4, 0.5) is 0 Å². The van der Waals surface area contributed by atoms with Gasteiger partial charge in [-0.05, 0) is 24.8 Å². The highest BCUT2D eigenvalue weighted by atomic mass is 16.3. The molecule has 1 fully saturated rings. The molecule has 3 heteroatoms. The van der Waals surface area contributed by atoms with Crippen molar-refractivity contribution in [2.24, 2.45) is 5.92 Å². The Bertz CT molecular complexity index is 300. The molecule has 0 amide bonds. The van der Waals surface area contributed by atoms with E-state index in [1.165, 1.54) is 0 Å². The van der Waals surface area contributed by atoms with Gasteiger partial charge in [0.15, 0.2) is 0 Å². The van der Waals surface area contributed by atoms with Crippen molar-refractivity contribution in [3.63, 3.8) is 0 Å². The first-order valence-electron chi connectivity index (χ1n) is 4.86. The largest absolute Gasteiger partial charge is 0.383 e. The summed E-state index contributed by atoms with van der Waals surface area (Å²) in [4.78, 5) is 0. The fourth-order valence-electron chi connectivity index (χ4n) is 1.46. The second-order valence-corrected chi connectivity index (χ2v) is 4.35. The number of aromatic nitrogens is 2. The van der Waals surface area contributed by atoms with Crippen molar-refractivity contribution in [1.29, 1.82) is 0 Å². The van der Waals surface area contributed by atoms with Crippen molar-refractivity contribution < 1.29 is 5.11 Å². The van der Waals surface area contributed by atoms with Crippen molar-refractivity contribution >= 4 is 0 Å². The second kappa shape index (κ2) is 2.84. The van der Waals surface area contributed by atoms with Crippen LogP contribution in [0.5, 0.6) is 0 Å². The molecule has 0 bridgehead atoms. The molecule has 0 aliphatic heterocycles. The van der Waals surface area contributed by atoms with E-state index in [-0.39, 0.29) is 0 Å². The monoisotopic (exact) mass is 180 g/mol. The summed E-state index contributed by atoms with van der Waals surface area (Å²) in [5.74, 6) is 0.599. The Balaban J connectivity index is 2.09. The van der Waals surface area contributed by atoms with E-state index in [0.717, 1.165) is 25.1 Å². The average molecular weight is 180 g/mol. The first kappa shape index (κ1) is 8.75. The Kier molecular flexibility index (Phi) is 1.91. The van der Waals surface area contributed by atoms with E-state index in [1.807, 2.05) is 16.9 Å². The predicted octanol–water partition coefficient (Wildman–Crippen LogP) is 1.52. The van der Waals surface area contributed by atoms with E-state index in [1.54, 1.807) is 0 Å². The molecular formula is C10H16N2O. The van der Waals surface area contributed by atoms with Crippen molar-refractivity contribution in [3.8, 4) is 0 Å². The van der Waals surface area contributed by atoms with Gasteiger partial charge in [0.05, 0.1) is 5.69 Å². The standard InChI is InChI=1S/C10H16N2O/c1-8(2)7-12-6-3-9(11-12)10(13)4-5-10/h3,6,8,13H,4-5,7H2,1-2H3. The lowest BCUT2D eigenvalue weighted by Crippen LogP contribution is -2.09. The average Bonchev–Trinajstić information content (AvgIpc) is 2.62. The van der Waals surface area contributed by atoms with Crippen LogP contribution >= 0.6 is 0 Å². The molecule has 1 aliphatic carbocycles. The van der Waals surface area contributed by atoms with Gasteiger partial charge in [0.25, 0.3) is 0 Å². The quantitative estimate of drug-likeness (QED) is 0.765. The lowest BCUT2D eigenvalue weighted by molar-refractivity contribution is 0.145. The summed E-state index contributed by atoms with van der Waals surface area (Å²) < 4.78 is 1.91. The van der Waals surface area contributed by atoms with Crippen LogP contribution in [0.15, 0.2) is 12.3 Å². The molecule has 1 aromatic heterocycles. The van der Waals surface area contributed by atoms with Gasteiger partial charge in [-0.3, -0.25) is 4.68 Å². The molecule has 1 aromatic rings. The molecule has 1 heterocycles. The number of nitrogens with zero attached hydrogens (tertiary/aromatic N) is 2. The van der Waals surface area contributed by atoms with E-state index in [4.69, 9.17) is 0 Å². The van der Waals surface area contributed by atoms with Crippen LogP contribution in [0, 0.1) is 5.92 Å². The summed E-state index contributed by atoms with van der Waals surface area (Å²) in [6.07, 6.45) is 3.68. The molecule has 0 unspecified atom stereocenters. The fraction of sp³-hybridized carbons (Fsp3) is 0.700. The van der Waals surface area contributed by atoms with Crippen molar-refractivity contribution in [1.82, 2.24) is 9.78 Å². The molecule has 0 aromatic carbocycles. The van der Waals surface area contributed by atoms with E-state index in [9.17, 15) is 5.11 Å². The topological polar surface area (TPSA) is 38.0 Å². The van der Waals surface area contributed by atoms with Gasteiger partial charge in [0.1, 0.15) is 5.60 Å². The Labute approximate surface area is 78.4 Å². The smallest absolute Gasteiger partial charge is 0.109 e. The third kappa shape index (κ3) is 1.75. The van der Waals surface area contributed by atoms with Gasteiger partial charge in [0, 0.05) is 12.7 Å². The Morgan fingerprint density at radius 3 is 2.85 bits per heavy atom.